The number of benzene rings is 2. The third kappa shape index (κ3) is 3.39. The first-order chi connectivity index (χ1) is 14.7. The van der Waals surface area contributed by atoms with E-state index < -0.39 is 0 Å². The Balaban J connectivity index is 1.45. The van der Waals surface area contributed by atoms with Crippen LogP contribution in [0.15, 0.2) is 67.0 Å². The van der Waals surface area contributed by atoms with Crippen molar-refractivity contribution in [1.82, 2.24) is 19.6 Å². The maximum atomic E-state index is 13.3. The molecule has 4 aromatic rings. The number of nitrogens with one attached hydrogen (secondary N) is 1. The molecule has 2 aromatic heterocycles. The summed E-state index contributed by atoms with van der Waals surface area (Å²) in [5.41, 5.74) is 4.89. The van der Waals surface area contributed by atoms with Gasteiger partial charge in [-0.2, -0.15) is 10.2 Å². The number of aromatic nitrogens is 4. The zero-order valence-corrected chi connectivity index (χ0v) is 16.3. The second kappa shape index (κ2) is 7.59. The summed E-state index contributed by atoms with van der Waals surface area (Å²) >= 11 is 0. The molecule has 30 heavy (non-hydrogen) atoms. The second-order valence-electron chi connectivity index (χ2n) is 7.33. The van der Waals surface area contributed by atoms with Crippen LogP contribution < -0.4 is 5.32 Å². The van der Waals surface area contributed by atoms with Crippen LogP contribution >= 0.6 is 0 Å². The SMILES string of the molecule is O=C(Nc1ccccc1Cn1cccn1)c1nn(-c2ccc(F)cc2)c2c1CCC2. The number of para-hydroxylation sites is 1. The molecule has 0 saturated carbocycles. The number of halogens is 1. The van der Waals surface area contributed by atoms with Crippen LogP contribution in [0.5, 0.6) is 0 Å². The molecule has 0 bridgehead atoms. The molecule has 0 aliphatic heterocycles. The average Bonchev–Trinajstić information content (AvgIpc) is 3.48. The predicted octanol–water partition coefficient (Wildman–Crippen LogP) is 4.00. The highest BCUT2D eigenvalue weighted by Crippen LogP contribution is 2.29. The molecule has 6 nitrogen and oxygen atoms in total. The van der Waals surface area contributed by atoms with Crippen LogP contribution in [0.25, 0.3) is 5.69 Å². The number of rotatable bonds is 5. The van der Waals surface area contributed by atoms with E-state index in [0.29, 0.717) is 12.2 Å². The number of anilines is 1. The lowest BCUT2D eigenvalue weighted by molar-refractivity contribution is 0.102. The Morgan fingerprint density at radius 3 is 2.70 bits per heavy atom. The lowest BCUT2D eigenvalue weighted by atomic mass is 10.1. The minimum atomic E-state index is -0.297. The molecule has 0 saturated heterocycles. The van der Waals surface area contributed by atoms with Gasteiger partial charge in [0.1, 0.15) is 5.82 Å². The highest BCUT2D eigenvalue weighted by molar-refractivity contribution is 6.04. The Kier molecular flexibility index (Phi) is 4.63. The molecule has 1 aliphatic carbocycles. The maximum Gasteiger partial charge on any atom is 0.276 e. The van der Waals surface area contributed by atoms with Gasteiger partial charge in [-0.05, 0) is 61.2 Å². The topological polar surface area (TPSA) is 64.7 Å². The van der Waals surface area contributed by atoms with E-state index in [4.69, 9.17) is 0 Å². The van der Waals surface area contributed by atoms with Crippen LogP contribution in [0.2, 0.25) is 0 Å². The quantitative estimate of drug-likeness (QED) is 0.550. The number of nitrogens with zero attached hydrogens (tertiary/aromatic N) is 4. The summed E-state index contributed by atoms with van der Waals surface area (Å²) in [6.07, 6.45) is 6.25. The van der Waals surface area contributed by atoms with Gasteiger partial charge in [-0.15, -0.1) is 0 Å². The monoisotopic (exact) mass is 401 g/mol. The third-order valence-electron chi connectivity index (χ3n) is 5.37. The summed E-state index contributed by atoms with van der Waals surface area (Å²) in [4.78, 5) is 13.2. The molecule has 0 unspecified atom stereocenters. The second-order valence-corrected chi connectivity index (χ2v) is 7.33. The highest BCUT2D eigenvalue weighted by atomic mass is 19.1. The van der Waals surface area contributed by atoms with Gasteiger partial charge in [0.05, 0.1) is 12.2 Å². The number of carbonyl (C=O) groups excluding carboxylic acids is 1. The molecule has 1 N–H and O–H groups in total. The van der Waals surface area contributed by atoms with Crippen molar-refractivity contribution in [2.45, 2.75) is 25.8 Å². The molecule has 2 aromatic carbocycles. The first-order valence-corrected chi connectivity index (χ1v) is 9.92. The van der Waals surface area contributed by atoms with Crippen LogP contribution in [-0.2, 0) is 19.4 Å². The summed E-state index contributed by atoms with van der Waals surface area (Å²) < 4.78 is 16.9. The fraction of sp³-hybridized carbons (Fsp3) is 0.174. The Labute approximate surface area is 173 Å². The fourth-order valence-corrected chi connectivity index (χ4v) is 3.95. The van der Waals surface area contributed by atoms with Crippen LogP contribution in [0.4, 0.5) is 10.1 Å². The maximum absolute atomic E-state index is 13.3. The molecule has 0 fully saturated rings. The summed E-state index contributed by atoms with van der Waals surface area (Å²) in [7, 11) is 0. The minimum absolute atomic E-state index is 0.234. The van der Waals surface area contributed by atoms with Gasteiger partial charge < -0.3 is 5.32 Å². The van der Waals surface area contributed by atoms with Gasteiger partial charge in [-0.3, -0.25) is 9.48 Å². The number of hydrogen-bond donors (Lipinski definition) is 1. The van der Waals surface area contributed by atoms with Crippen LogP contribution in [0.1, 0.15) is 33.7 Å². The zero-order chi connectivity index (χ0) is 20.5. The molecule has 0 radical (unpaired) electrons. The predicted molar refractivity (Wildman–Crippen MR) is 111 cm³/mol. The van der Waals surface area contributed by atoms with E-state index in [0.717, 1.165) is 47.5 Å². The Hall–Kier alpha value is -3.74. The molecule has 1 amide bonds. The van der Waals surface area contributed by atoms with Gasteiger partial charge >= 0.3 is 0 Å². The molecule has 0 spiro atoms. The molecule has 150 valence electrons. The van der Waals surface area contributed by atoms with Gasteiger partial charge in [0, 0.05) is 29.3 Å². The van der Waals surface area contributed by atoms with Crippen LogP contribution in [-0.4, -0.2) is 25.5 Å². The van der Waals surface area contributed by atoms with Crippen molar-refractivity contribution < 1.29 is 9.18 Å². The van der Waals surface area contributed by atoms with Crippen molar-refractivity contribution in [2.75, 3.05) is 5.32 Å². The molecule has 7 heteroatoms. The van der Waals surface area contributed by atoms with Crippen molar-refractivity contribution in [2.24, 2.45) is 0 Å². The normalized spacial score (nSPS) is 12.7. The highest BCUT2D eigenvalue weighted by Gasteiger charge is 2.27. The molecular formula is C23H20FN5O. The fourth-order valence-electron chi connectivity index (χ4n) is 3.95. The zero-order valence-electron chi connectivity index (χ0n) is 16.3. The van der Waals surface area contributed by atoms with Crippen molar-refractivity contribution in [3.8, 4) is 5.69 Å². The van der Waals surface area contributed by atoms with E-state index in [-0.39, 0.29) is 11.7 Å². The first kappa shape index (κ1) is 18.3. The Bertz CT molecular complexity index is 1200. The van der Waals surface area contributed by atoms with E-state index in [1.807, 2.05) is 41.2 Å². The number of carbonyl (C=O) groups is 1. The van der Waals surface area contributed by atoms with Gasteiger partial charge in [0.2, 0.25) is 0 Å². The number of fused-ring (bicyclic) bond motifs is 1. The molecule has 2 heterocycles. The van der Waals surface area contributed by atoms with Gasteiger partial charge in [0.15, 0.2) is 5.69 Å². The third-order valence-corrected chi connectivity index (χ3v) is 5.37. The summed E-state index contributed by atoms with van der Waals surface area (Å²) in [6.45, 7) is 0.561. The van der Waals surface area contributed by atoms with Gasteiger partial charge in [0.25, 0.3) is 5.91 Å². The summed E-state index contributed by atoms with van der Waals surface area (Å²) in [6, 6.07) is 15.7. The largest absolute Gasteiger partial charge is 0.320 e. The van der Waals surface area contributed by atoms with Crippen molar-refractivity contribution >= 4 is 11.6 Å². The van der Waals surface area contributed by atoms with Crippen LogP contribution in [0.3, 0.4) is 0 Å². The molecule has 0 atom stereocenters. The summed E-state index contributed by atoms with van der Waals surface area (Å²) in [5.74, 6) is -0.531. The van der Waals surface area contributed by atoms with E-state index in [1.54, 1.807) is 23.0 Å². The Morgan fingerprint density at radius 2 is 1.90 bits per heavy atom. The lowest BCUT2D eigenvalue weighted by Gasteiger charge is -2.11. The molecular weight excluding hydrogens is 381 g/mol. The summed E-state index contributed by atoms with van der Waals surface area (Å²) in [5, 5.41) is 11.9. The lowest BCUT2D eigenvalue weighted by Crippen LogP contribution is -2.16. The van der Waals surface area contributed by atoms with E-state index in [9.17, 15) is 9.18 Å². The van der Waals surface area contributed by atoms with Crippen molar-refractivity contribution in [3.63, 3.8) is 0 Å². The molecule has 1 aliphatic rings. The first-order valence-electron chi connectivity index (χ1n) is 9.92. The van der Waals surface area contributed by atoms with Crippen molar-refractivity contribution in [3.05, 3.63) is 95.3 Å². The van der Waals surface area contributed by atoms with Gasteiger partial charge in [-0.1, -0.05) is 18.2 Å². The molecule has 5 rings (SSSR count). The van der Waals surface area contributed by atoms with E-state index in [2.05, 4.69) is 15.5 Å². The van der Waals surface area contributed by atoms with Crippen LogP contribution in [0, 0.1) is 5.82 Å². The average molecular weight is 401 g/mol. The Morgan fingerprint density at radius 1 is 1.07 bits per heavy atom. The number of amides is 1. The smallest absolute Gasteiger partial charge is 0.276 e. The van der Waals surface area contributed by atoms with Crippen molar-refractivity contribution in [1.29, 1.82) is 0 Å². The minimum Gasteiger partial charge on any atom is -0.320 e. The standard InChI is InChI=1S/C23H20FN5O/c24-17-9-11-18(12-10-17)29-21-8-3-6-19(21)22(27-29)23(30)26-20-7-2-1-5-16(20)15-28-14-4-13-25-28/h1-2,4-5,7,9-14H,3,6,8,15H2,(H,26,30). The van der Waals surface area contributed by atoms with E-state index in [1.165, 1.54) is 12.1 Å². The van der Waals surface area contributed by atoms with E-state index >= 15 is 0 Å². The number of hydrogen-bond acceptors (Lipinski definition) is 3. The van der Waals surface area contributed by atoms with Gasteiger partial charge in [-0.25, -0.2) is 9.07 Å².